The molecule has 0 spiro atoms. The van der Waals surface area contributed by atoms with Gasteiger partial charge in [0.1, 0.15) is 5.56 Å². The highest BCUT2D eigenvalue weighted by Gasteiger charge is 2.20. The number of aromatic nitrogens is 5. The zero-order valence-electron chi connectivity index (χ0n) is 17.2. The molecule has 0 fully saturated rings. The lowest BCUT2D eigenvalue weighted by Crippen LogP contribution is -2.15. The first-order chi connectivity index (χ1) is 14.1. The van der Waals surface area contributed by atoms with Crippen LogP contribution in [-0.2, 0) is 17.9 Å². The third-order valence-corrected chi connectivity index (χ3v) is 5.33. The average Bonchev–Trinajstić information content (AvgIpc) is 3.31. The minimum atomic E-state index is -0.0784. The van der Waals surface area contributed by atoms with E-state index >= 15 is 0 Å². The highest BCUT2D eigenvalue weighted by atomic mass is 32.2. The molecule has 0 saturated carbocycles. The van der Waals surface area contributed by atoms with Crippen LogP contribution in [0, 0.1) is 6.92 Å². The molecule has 1 amide bonds. The molecule has 29 heavy (non-hydrogen) atoms. The van der Waals surface area contributed by atoms with Crippen molar-refractivity contribution >= 4 is 23.4 Å². The summed E-state index contributed by atoms with van der Waals surface area (Å²) in [6.45, 7) is 9.87. The zero-order valence-corrected chi connectivity index (χ0v) is 18.0. The number of carbonyl (C=O) groups is 1. The van der Waals surface area contributed by atoms with Gasteiger partial charge in [0.05, 0.1) is 12.4 Å². The second kappa shape index (κ2) is 9.60. The topological polar surface area (TPSA) is 86.9 Å². The first-order valence-electron chi connectivity index (χ1n) is 9.69. The van der Waals surface area contributed by atoms with Crippen molar-refractivity contribution in [3.05, 3.63) is 36.0 Å². The van der Waals surface area contributed by atoms with E-state index in [4.69, 9.17) is 4.74 Å². The predicted octanol–water partition coefficient (Wildman–Crippen LogP) is 3.62. The van der Waals surface area contributed by atoms with E-state index in [2.05, 4.69) is 20.6 Å². The van der Waals surface area contributed by atoms with Crippen LogP contribution in [-0.4, -0.2) is 42.8 Å². The molecule has 0 bridgehead atoms. The molecule has 154 valence electrons. The molecule has 0 saturated heterocycles. The van der Waals surface area contributed by atoms with Gasteiger partial charge in [-0.15, -0.1) is 15.3 Å². The van der Waals surface area contributed by atoms with Gasteiger partial charge in [-0.1, -0.05) is 30.0 Å². The van der Waals surface area contributed by atoms with Crippen LogP contribution in [0.15, 0.2) is 35.6 Å². The maximum absolute atomic E-state index is 12.4. The van der Waals surface area contributed by atoms with Crippen LogP contribution in [0.25, 0.3) is 11.4 Å². The number of hydrogen-bond donors (Lipinski definition) is 1. The SMILES string of the molecule is CCOc1nn(CC)cc1-c1nnc(SCC(=O)Nc2ccccc2C)n1CC. The van der Waals surface area contributed by atoms with E-state index in [1.54, 1.807) is 0 Å². The molecule has 8 nitrogen and oxygen atoms in total. The fourth-order valence-corrected chi connectivity index (χ4v) is 3.67. The lowest BCUT2D eigenvalue weighted by Gasteiger charge is -2.09. The molecule has 3 aromatic rings. The molecule has 0 aliphatic heterocycles. The molecule has 2 aromatic heterocycles. The van der Waals surface area contributed by atoms with Gasteiger partial charge in [-0.05, 0) is 39.3 Å². The van der Waals surface area contributed by atoms with Crippen LogP contribution in [0.5, 0.6) is 5.88 Å². The maximum atomic E-state index is 12.4. The second-order valence-electron chi connectivity index (χ2n) is 6.34. The molecule has 1 N–H and O–H groups in total. The van der Waals surface area contributed by atoms with Gasteiger partial charge in [-0.3, -0.25) is 9.48 Å². The summed E-state index contributed by atoms with van der Waals surface area (Å²) in [5, 5.41) is 16.7. The van der Waals surface area contributed by atoms with Crippen molar-refractivity contribution in [1.29, 1.82) is 0 Å². The molecule has 2 heterocycles. The molecule has 1 aromatic carbocycles. The summed E-state index contributed by atoms with van der Waals surface area (Å²) in [7, 11) is 0. The van der Waals surface area contributed by atoms with Gasteiger partial charge in [0.2, 0.25) is 11.8 Å². The summed E-state index contributed by atoms with van der Waals surface area (Å²) in [4.78, 5) is 12.4. The van der Waals surface area contributed by atoms with Crippen LogP contribution < -0.4 is 10.1 Å². The highest BCUT2D eigenvalue weighted by molar-refractivity contribution is 7.99. The molecule has 0 aliphatic carbocycles. The van der Waals surface area contributed by atoms with E-state index in [9.17, 15) is 4.79 Å². The first kappa shape index (κ1) is 20.9. The maximum Gasteiger partial charge on any atom is 0.243 e. The smallest absolute Gasteiger partial charge is 0.243 e. The van der Waals surface area contributed by atoms with E-state index < -0.39 is 0 Å². The number of thioether (sulfide) groups is 1. The van der Waals surface area contributed by atoms with Crippen LogP contribution in [0.2, 0.25) is 0 Å². The quantitative estimate of drug-likeness (QED) is 0.538. The van der Waals surface area contributed by atoms with Crippen molar-refractivity contribution in [2.24, 2.45) is 0 Å². The van der Waals surface area contributed by atoms with E-state index in [1.807, 2.05) is 67.4 Å². The minimum Gasteiger partial charge on any atom is -0.476 e. The second-order valence-corrected chi connectivity index (χ2v) is 7.28. The van der Waals surface area contributed by atoms with Crippen LogP contribution in [0.3, 0.4) is 0 Å². The number of ether oxygens (including phenoxy) is 1. The number of benzene rings is 1. The van der Waals surface area contributed by atoms with Crippen molar-refractivity contribution in [2.75, 3.05) is 17.7 Å². The Balaban J connectivity index is 1.75. The molecular formula is C20H26N6O2S. The minimum absolute atomic E-state index is 0.0784. The van der Waals surface area contributed by atoms with Gasteiger partial charge < -0.3 is 14.6 Å². The molecule has 3 rings (SSSR count). The summed E-state index contributed by atoms with van der Waals surface area (Å²) < 4.78 is 9.47. The lowest BCUT2D eigenvalue weighted by molar-refractivity contribution is -0.113. The lowest BCUT2D eigenvalue weighted by atomic mass is 10.2. The van der Waals surface area contributed by atoms with Gasteiger partial charge in [-0.25, -0.2) is 0 Å². The first-order valence-corrected chi connectivity index (χ1v) is 10.7. The monoisotopic (exact) mass is 414 g/mol. The number of nitrogens with zero attached hydrogens (tertiary/aromatic N) is 5. The fourth-order valence-electron chi connectivity index (χ4n) is 2.87. The normalized spacial score (nSPS) is 10.9. The summed E-state index contributed by atoms with van der Waals surface area (Å²) in [6.07, 6.45) is 1.92. The van der Waals surface area contributed by atoms with Crippen LogP contribution in [0.4, 0.5) is 5.69 Å². The van der Waals surface area contributed by atoms with E-state index in [1.165, 1.54) is 11.8 Å². The Kier molecular flexibility index (Phi) is 6.92. The molecular weight excluding hydrogens is 388 g/mol. The third kappa shape index (κ3) is 4.79. The Hall–Kier alpha value is -2.81. The molecule has 0 atom stereocenters. The molecule has 0 unspecified atom stereocenters. The standard InChI is InChI=1S/C20H26N6O2S/c1-5-25-12-15(19(24-25)28-7-3)18-22-23-20(26(18)6-2)29-13-17(27)21-16-11-9-8-10-14(16)4/h8-12H,5-7,13H2,1-4H3,(H,21,27). The Labute approximate surface area is 174 Å². The molecule has 9 heteroatoms. The van der Waals surface area contributed by atoms with Gasteiger partial charge >= 0.3 is 0 Å². The van der Waals surface area contributed by atoms with Crippen LogP contribution >= 0.6 is 11.8 Å². The molecule has 0 radical (unpaired) electrons. The Morgan fingerprint density at radius 3 is 2.66 bits per heavy atom. The summed E-state index contributed by atoms with van der Waals surface area (Å²) >= 11 is 1.36. The fraction of sp³-hybridized carbons (Fsp3) is 0.400. The van der Waals surface area contributed by atoms with Crippen molar-refractivity contribution in [2.45, 2.75) is 45.9 Å². The average molecular weight is 415 g/mol. The van der Waals surface area contributed by atoms with Crippen molar-refractivity contribution in [3.63, 3.8) is 0 Å². The van der Waals surface area contributed by atoms with Gasteiger partial charge in [-0.2, -0.15) is 0 Å². The number of aryl methyl sites for hydroxylation is 2. The van der Waals surface area contributed by atoms with Gasteiger partial charge in [0.15, 0.2) is 11.0 Å². The van der Waals surface area contributed by atoms with E-state index in [-0.39, 0.29) is 11.7 Å². The van der Waals surface area contributed by atoms with Gasteiger partial charge in [0, 0.05) is 25.0 Å². The van der Waals surface area contributed by atoms with Crippen LogP contribution in [0.1, 0.15) is 26.3 Å². The highest BCUT2D eigenvalue weighted by Crippen LogP contribution is 2.30. The summed E-state index contributed by atoms with van der Waals surface area (Å²) in [5.74, 6) is 1.41. The van der Waals surface area contributed by atoms with E-state index in [0.717, 1.165) is 23.4 Å². The number of para-hydroxylation sites is 1. The predicted molar refractivity (Wildman–Crippen MR) is 114 cm³/mol. The van der Waals surface area contributed by atoms with Crippen molar-refractivity contribution in [1.82, 2.24) is 24.5 Å². The van der Waals surface area contributed by atoms with Crippen molar-refractivity contribution < 1.29 is 9.53 Å². The number of anilines is 1. The summed E-state index contributed by atoms with van der Waals surface area (Å²) in [5.41, 5.74) is 2.66. The number of hydrogen-bond acceptors (Lipinski definition) is 6. The largest absolute Gasteiger partial charge is 0.476 e. The van der Waals surface area contributed by atoms with Gasteiger partial charge in [0.25, 0.3) is 0 Å². The third-order valence-electron chi connectivity index (χ3n) is 4.36. The Morgan fingerprint density at radius 1 is 1.17 bits per heavy atom. The Morgan fingerprint density at radius 2 is 1.97 bits per heavy atom. The number of nitrogens with one attached hydrogen (secondary N) is 1. The number of amides is 1. The Bertz CT molecular complexity index is 981. The number of carbonyl (C=O) groups excluding carboxylic acids is 1. The number of rotatable bonds is 9. The van der Waals surface area contributed by atoms with Crippen molar-refractivity contribution in [3.8, 4) is 17.3 Å². The summed E-state index contributed by atoms with van der Waals surface area (Å²) in [6, 6.07) is 7.71. The van der Waals surface area contributed by atoms with E-state index in [0.29, 0.717) is 30.0 Å². The zero-order chi connectivity index (χ0) is 20.8. The molecule has 0 aliphatic rings.